The molecule has 216 valence electrons. The fraction of sp³-hybridized carbons (Fsp3) is 0.419. The number of imidazole rings is 1. The van der Waals surface area contributed by atoms with E-state index in [1.54, 1.807) is 12.3 Å². The lowest BCUT2D eigenvalue weighted by atomic mass is 10.0. The summed E-state index contributed by atoms with van der Waals surface area (Å²) in [6, 6.07) is 16.7. The van der Waals surface area contributed by atoms with Crippen molar-refractivity contribution in [1.29, 1.82) is 0 Å². The van der Waals surface area contributed by atoms with Gasteiger partial charge < -0.3 is 23.8 Å². The summed E-state index contributed by atoms with van der Waals surface area (Å²) in [6.07, 6.45) is 6.75. The number of carbonyl (C=O) groups excluding carboxylic acids is 1. The number of carbonyl (C=O) groups is 1. The van der Waals surface area contributed by atoms with Gasteiger partial charge in [-0.1, -0.05) is 44.0 Å². The lowest BCUT2D eigenvalue weighted by Crippen LogP contribution is -2.44. The van der Waals surface area contributed by atoms with Crippen LogP contribution in [0.2, 0.25) is 0 Å². The van der Waals surface area contributed by atoms with Crippen molar-refractivity contribution in [3.63, 3.8) is 0 Å². The third kappa shape index (κ3) is 7.11. The molecular weight excluding hydrogens is 523 g/mol. The number of esters is 1. The van der Waals surface area contributed by atoms with E-state index in [9.17, 15) is 9.18 Å². The Balaban J connectivity index is 1.20. The molecule has 5 rings (SSSR count). The summed E-state index contributed by atoms with van der Waals surface area (Å²) in [7, 11) is 2.00. The zero-order valence-corrected chi connectivity index (χ0v) is 23.7. The summed E-state index contributed by atoms with van der Waals surface area (Å²) < 4.78 is 26.5. The van der Waals surface area contributed by atoms with Crippen molar-refractivity contribution in [2.24, 2.45) is 0 Å². The molecule has 1 fully saturated rings. The second-order valence-electron chi connectivity index (χ2n) is 10.4. The van der Waals surface area contributed by atoms with Crippen molar-refractivity contribution < 1.29 is 18.7 Å². The molecule has 1 aliphatic rings. The van der Waals surface area contributed by atoms with Gasteiger partial charge in [-0.15, -0.1) is 0 Å². The van der Waals surface area contributed by atoms with Crippen molar-refractivity contribution in [3.8, 4) is 5.88 Å². The van der Waals surface area contributed by atoms with Crippen LogP contribution in [0.25, 0.3) is 11.0 Å². The van der Waals surface area contributed by atoms with E-state index in [0.29, 0.717) is 24.8 Å². The van der Waals surface area contributed by atoms with Crippen molar-refractivity contribution in [2.75, 3.05) is 36.7 Å². The summed E-state index contributed by atoms with van der Waals surface area (Å²) in [6.45, 7) is 4.20. The minimum Gasteiger partial charge on any atom is -0.440 e. The second kappa shape index (κ2) is 13.4. The molecule has 9 nitrogen and oxygen atoms in total. The van der Waals surface area contributed by atoms with Crippen LogP contribution in [0.1, 0.15) is 51.0 Å². The van der Waals surface area contributed by atoms with Crippen LogP contribution in [0.4, 0.5) is 16.3 Å². The lowest BCUT2D eigenvalue weighted by molar-refractivity contribution is -0.150. The predicted molar refractivity (Wildman–Crippen MR) is 157 cm³/mol. The van der Waals surface area contributed by atoms with Gasteiger partial charge in [0.1, 0.15) is 5.82 Å². The van der Waals surface area contributed by atoms with Crippen molar-refractivity contribution in [3.05, 3.63) is 72.2 Å². The largest absolute Gasteiger partial charge is 0.440 e. The van der Waals surface area contributed by atoms with Crippen LogP contribution in [-0.4, -0.2) is 58.5 Å². The maximum Gasteiger partial charge on any atom is 0.308 e. The Morgan fingerprint density at radius 1 is 1.05 bits per heavy atom. The van der Waals surface area contributed by atoms with Gasteiger partial charge in [0, 0.05) is 44.9 Å². The monoisotopic (exact) mass is 560 g/mol. The Hall–Kier alpha value is -4.21. The van der Waals surface area contributed by atoms with Gasteiger partial charge in [0.25, 0.3) is 0 Å². The highest BCUT2D eigenvalue weighted by molar-refractivity contribution is 5.79. The third-order valence-electron chi connectivity index (χ3n) is 7.53. The van der Waals surface area contributed by atoms with E-state index in [-0.39, 0.29) is 24.6 Å². The Morgan fingerprint density at radius 2 is 1.83 bits per heavy atom. The van der Waals surface area contributed by atoms with E-state index < -0.39 is 0 Å². The van der Waals surface area contributed by atoms with Crippen LogP contribution < -0.4 is 14.5 Å². The molecule has 0 spiro atoms. The first-order chi connectivity index (χ1) is 20.0. The summed E-state index contributed by atoms with van der Waals surface area (Å²) in [4.78, 5) is 30.2. The van der Waals surface area contributed by atoms with Gasteiger partial charge in [0.15, 0.2) is 0 Å². The molecule has 4 aromatic rings. The van der Waals surface area contributed by atoms with Crippen LogP contribution in [0, 0.1) is 5.82 Å². The molecule has 1 saturated heterocycles. The van der Waals surface area contributed by atoms with E-state index in [0.717, 1.165) is 67.7 Å². The first-order valence-electron chi connectivity index (χ1n) is 14.3. The number of fused-ring (bicyclic) bond motifs is 1. The fourth-order valence-corrected chi connectivity index (χ4v) is 5.18. The predicted octanol–water partition coefficient (Wildman–Crippen LogP) is 5.58. The summed E-state index contributed by atoms with van der Waals surface area (Å²) in [5, 5.41) is 0. The Kier molecular flexibility index (Phi) is 9.28. The van der Waals surface area contributed by atoms with Gasteiger partial charge in [-0.3, -0.25) is 4.79 Å². The van der Waals surface area contributed by atoms with Gasteiger partial charge in [0.2, 0.25) is 24.6 Å². The quantitative estimate of drug-likeness (QED) is 0.126. The van der Waals surface area contributed by atoms with Gasteiger partial charge >= 0.3 is 5.97 Å². The molecule has 0 saturated carbocycles. The molecule has 1 aliphatic heterocycles. The van der Waals surface area contributed by atoms with Crippen LogP contribution in [0.5, 0.6) is 5.88 Å². The number of rotatable bonds is 12. The number of piperidine rings is 1. The lowest BCUT2D eigenvalue weighted by Gasteiger charge is -2.37. The summed E-state index contributed by atoms with van der Waals surface area (Å²) in [5.74, 6) is 1.36. The second-order valence-corrected chi connectivity index (χ2v) is 10.4. The fourth-order valence-electron chi connectivity index (χ4n) is 5.18. The molecular formula is C31H37FN6O3. The topological polar surface area (TPSA) is 85.6 Å². The van der Waals surface area contributed by atoms with Crippen molar-refractivity contribution in [1.82, 2.24) is 19.5 Å². The number of nitrogens with zero attached hydrogens (tertiary/aromatic N) is 6. The van der Waals surface area contributed by atoms with E-state index >= 15 is 0 Å². The Morgan fingerprint density at radius 3 is 2.61 bits per heavy atom. The van der Waals surface area contributed by atoms with E-state index in [1.165, 1.54) is 12.1 Å². The molecule has 41 heavy (non-hydrogen) atoms. The zero-order valence-electron chi connectivity index (χ0n) is 23.7. The number of para-hydroxylation sites is 2. The van der Waals surface area contributed by atoms with E-state index in [4.69, 9.17) is 14.5 Å². The molecule has 2 aromatic heterocycles. The Labute approximate surface area is 239 Å². The van der Waals surface area contributed by atoms with Crippen LogP contribution in [0.15, 0.2) is 60.8 Å². The molecule has 2 aromatic carbocycles. The smallest absolute Gasteiger partial charge is 0.308 e. The number of unbranched alkanes of at least 4 members (excludes halogenated alkanes) is 2. The first-order valence-corrected chi connectivity index (χ1v) is 14.3. The average molecular weight is 561 g/mol. The summed E-state index contributed by atoms with van der Waals surface area (Å²) >= 11 is 0. The number of hydrogen-bond donors (Lipinski definition) is 0. The maximum atomic E-state index is 13.5. The van der Waals surface area contributed by atoms with E-state index in [1.807, 2.05) is 37.4 Å². The molecule has 10 heteroatoms. The molecule has 0 radical (unpaired) electrons. The number of ether oxygens (including phenoxy) is 2. The van der Waals surface area contributed by atoms with Gasteiger partial charge in [-0.25, -0.2) is 14.4 Å². The Bertz CT molecular complexity index is 1440. The molecule has 0 bridgehead atoms. The normalized spacial score (nSPS) is 13.9. The molecule has 0 amide bonds. The third-order valence-corrected chi connectivity index (χ3v) is 7.53. The van der Waals surface area contributed by atoms with Crippen molar-refractivity contribution >= 4 is 28.9 Å². The molecule has 3 heterocycles. The number of hydrogen-bond acceptors (Lipinski definition) is 8. The molecule has 0 aliphatic carbocycles. The highest BCUT2D eigenvalue weighted by Gasteiger charge is 2.27. The minimum atomic E-state index is -0.261. The standard InChI is InChI=1S/C31H37FN6O3/c1-3-4-5-10-29(39)41-22-40-28-15-18-33-30(35-28)36(2)25-16-19-37(20-17-25)31-34-26-8-6-7-9-27(26)38(31)21-23-11-13-24(32)14-12-23/h6-9,11-15,18,25H,3-5,10,16-17,19-22H2,1-2H3. The van der Waals surface area contributed by atoms with Crippen LogP contribution >= 0.6 is 0 Å². The first kappa shape index (κ1) is 28.3. The summed E-state index contributed by atoms with van der Waals surface area (Å²) in [5.41, 5.74) is 3.03. The van der Waals surface area contributed by atoms with Crippen LogP contribution in [-0.2, 0) is 16.1 Å². The number of anilines is 2. The minimum absolute atomic E-state index is 0.164. The number of aromatic nitrogens is 4. The van der Waals surface area contributed by atoms with Gasteiger partial charge in [-0.2, -0.15) is 4.98 Å². The highest BCUT2D eigenvalue weighted by Crippen LogP contribution is 2.28. The van der Waals surface area contributed by atoms with Crippen molar-refractivity contribution in [2.45, 2.75) is 58.0 Å². The van der Waals surface area contributed by atoms with Gasteiger partial charge in [0.05, 0.1) is 17.6 Å². The van der Waals surface area contributed by atoms with E-state index in [2.05, 4.69) is 37.3 Å². The highest BCUT2D eigenvalue weighted by atomic mass is 19.1. The molecule has 0 atom stereocenters. The molecule has 0 N–H and O–H groups in total. The van der Waals surface area contributed by atoms with Crippen LogP contribution in [0.3, 0.4) is 0 Å². The number of benzene rings is 2. The number of halogens is 1. The maximum absolute atomic E-state index is 13.5. The zero-order chi connectivity index (χ0) is 28.6. The SMILES string of the molecule is CCCCCC(=O)OCOc1ccnc(N(C)C2CCN(c3nc4ccccc4n3Cc3ccc(F)cc3)CC2)n1. The average Bonchev–Trinajstić information content (AvgIpc) is 3.36. The molecule has 0 unspecified atom stereocenters. The van der Waals surface area contributed by atoms with Gasteiger partial charge in [-0.05, 0) is 49.1 Å².